The summed E-state index contributed by atoms with van der Waals surface area (Å²) in [7, 11) is 2.54. The minimum Gasteiger partial charge on any atom is -0.479 e. The first-order valence-corrected chi connectivity index (χ1v) is 6.24. The predicted octanol–water partition coefficient (Wildman–Crippen LogP) is 2.98. The Labute approximate surface area is 120 Å². The van der Waals surface area contributed by atoms with Crippen LogP contribution in [0.2, 0.25) is 0 Å². The summed E-state index contributed by atoms with van der Waals surface area (Å²) in [5.41, 5.74) is -0.0220. The SMILES string of the molecule is CC.CC.CO.COc1ccon1.O=c1ccocc1. The Kier molecular flexibility index (Phi) is 25.5. The normalized spacial score (nSPS) is 6.95. The molecule has 0 radical (unpaired) electrons. The van der Waals surface area contributed by atoms with Crippen LogP contribution in [-0.4, -0.2) is 24.5 Å². The Morgan fingerprint density at radius 2 is 1.50 bits per heavy atom. The van der Waals surface area contributed by atoms with Gasteiger partial charge in [-0.1, -0.05) is 27.7 Å². The lowest BCUT2D eigenvalue weighted by Crippen LogP contribution is -1.90. The molecule has 0 aliphatic heterocycles. The summed E-state index contributed by atoms with van der Waals surface area (Å²) in [6.07, 6.45) is 4.16. The summed E-state index contributed by atoms with van der Waals surface area (Å²) < 4.78 is 13.6. The number of hydrogen-bond acceptors (Lipinski definition) is 6. The van der Waals surface area contributed by atoms with Crippen molar-refractivity contribution in [1.82, 2.24) is 5.16 Å². The van der Waals surface area contributed by atoms with Crippen LogP contribution in [-0.2, 0) is 0 Å². The summed E-state index contributed by atoms with van der Waals surface area (Å²) in [6, 6.07) is 4.36. The molecule has 2 rings (SSSR count). The summed E-state index contributed by atoms with van der Waals surface area (Å²) in [6.45, 7) is 8.00. The molecule has 20 heavy (non-hydrogen) atoms. The van der Waals surface area contributed by atoms with Crippen LogP contribution in [0, 0.1) is 0 Å². The summed E-state index contributed by atoms with van der Waals surface area (Å²) in [4.78, 5) is 10.2. The van der Waals surface area contributed by atoms with Crippen LogP contribution in [0.25, 0.3) is 0 Å². The van der Waals surface area contributed by atoms with Crippen molar-refractivity contribution in [2.75, 3.05) is 14.2 Å². The van der Waals surface area contributed by atoms with Crippen LogP contribution in [0.5, 0.6) is 5.88 Å². The van der Waals surface area contributed by atoms with Crippen molar-refractivity contribution >= 4 is 0 Å². The van der Waals surface area contributed by atoms with Gasteiger partial charge in [0.2, 0.25) is 0 Å². The molecule has 2 aromatic rings. The number of nitrogens with zero attached hydrogens (tertiary/aromatic N) is 1. The maximum Gasteiger partial charge on any atom is 0.253 e. The van der Waals surface area contributed by atoms with E-state index >= 15 is 0 Å². The molecule has 0 aliphatic carbocycles. The third-order valence-corrected chi connectivity index (χ3v) is 1.25. The van der Waals surface area contributed by atoms with E-state index in [1.54, 1.807) is 6.07 Å². The van der Waals surface area contributed by atoms with Crippen molar-refractivity contribution in [2.24, 2.45) is 0 Å². The number of aliphatic hydroxyl groups excluding tert-OH is 1. The minimum atomic E-state index is -0.0220. The molecule has 0 saturated heterocycles. The standard InChI is InChI=1S/C5H4O2.C4H5NO2.2C2H6.CH4O/c6-5-1-3-7-4-2-5;1-6-4-2-3-7-5-4;3*1-2/h1-4H;2-3H,1H3;2*1-2H3;2H,1H3. The molecule has 0 fully saturated rings. The van der Waals surface area contributed by atoms with Crippen LogP contribution in [0.1, 0.15) is 27.7 Å². The second-order valence-electron chi connectivity index (χ2n) is 2.19. The first kappa shape index (κ1) is 23.0. The molecule has 1 N–H and O–H groups in total. The summed E-state index contributed by atoms with van der Waals surface area (Å²) >= 11 is 0. The average Bonchev–Trinajstić information content (AvgIpc) is 3.08. The molecule has 2 aromatic heterocycles. The molecular formula is C14H25NO5. The lowest BCUT2D eigenvalue weighted by Gasteiger charge is -1.83. The van der Waals surface area contributed by atoms with Crippen molar-refractivity contribution in [2.45, 2.75) is 27.7 Å². The summed E-state index contributed by atoms with van der Waals surface area (Å²) in [5.74, 6) is 0.514. The quantitative estimate of drug-likeness (QED) is 0.867. The molecule has 0 bridgehead atoms. The highest BCUT2D eigenvalue weighted by Gasteiger charge is 1.87. The van der Waals surface area contributed by atoms with Crippen LogP contribution < -0.4 is 10.2 Å². The Morgan fingerprint density at radius 1 is 1.00 bits per heavy atom. The lowest BCUT2D eigenvalue weighted by atomic mass is 10.5. The number of ether oxygens (including phenoxy) is 1. The molecule has 6 heteroatoms. The third-order valence-electron chi connectivity index (χ3n) is 1.25. The van der Waals surface area contributed by atoms with Gasteiger partial charge in [0.15, 0.2) is 5.43 Å². The zero-order chi connectivity index (χ0) is 16.2. The minimum absolute atomic E-state index is 0.0220. The van der Waals surface area contributed by atoms with Gasteiger partial charge in [-0.3, -0.25) is 4.79 Å². The van der Waals surface area contributed by atoms with Gasteiger partial charge in [-0.2, -0.15) is 0 Å². The maximum atomic E-state index is 10.2. The maximum absolute atomic E-state index is 10.2. The van der Waals surface area contributed by atoms with Gasteiger partial charge in [-0.25, -0.2) is 0 Å². The van der Waals surface area contributed by atoms with E-state index in [9.17, 15) is 4.79 Å². The Balaban J connectivity index is -0.000000211. The van der Waals surface area contributed by atoms with E-state index in [2.05, 4.69) is 18.8 Å². The van der Waals surface area contributed by atoms with Gasteiger partial charge in [0.1, 0.15) is 6.26 Å². The fourth-order valence-electron chi connectivity index (χ4n) is 0.620. The fraction of sp³-hybridized carbons (Fsp3) is 0.429. The van der Waals surface area contributed by atoms with Crippen LogP contribution in [0.4, 0.5) is 0 Å². The monoisotopic (exact) mass is 287 g/mol. The van der Waals surface area contributed by atoms with Crippen molar-refractivity contribution in [3.05, 3.63) is 47.2 Å². The van der Waals surface area contributed by atoms with Gasteiger partial charge >= 0.3 is 0 Å². The predicted molar refractivity (Wildman–Crippen MR) is 78.9 cm³/mol. The first-order chi connectivity index (χ1) is 9.83. The fourth-order valence-corrected chi connectivity index (χ4v) is 0.620. The number of rotatable bonds is 1. The van der Waals surface area contributed by atoms with E-state index in [1.807, 2.05) is 27.7 Å². The lowest BCUT2D eigenvalue weighted by molar-refractivity contribution is 0.339. The first-order valence-electron chi connectivity index (χ1n) is 6.24. The van der Waals surface area contributed by atoms with Crippen molar-refractivity contribution < 1.29 is 18.8 Å². The number of hydrogen-bond donors (Lipinski definition) is 1. The molecule has 0 unspecified atom stereocenters. The molecule has 6 nitrogen and oxygen atoms in total. The van der Waals surface area contributed by atoms with Crippen LogP contribution >= 0.6 is 0 Å². The van der Waals surface area contributed by atoms with Gasteiger partial charge < -0.3 is 18.8 Å². The van der Waals surface area contributed by atoms with Crippen LogP contribution in [0.3, 0.4) is 0 Å². The van der Waals surface area contributed by atoms with Gasteiger partial charge in [0.05, 0.1) is 19.6 Å². The second-order valence-corrected chi connectivity index (χ2v) is 2.19. The Hall–Kier alpha value is -2.08. The van der Waals surface area contributed by atoms with Crippen molar-refractivity contribution in [1.29, 1.82) is 0 Å². The second kappa shape index (κ2) is 22.1. The Bertz CT molecular complexity index is 380. The zero-order valence-electron chi connectivity index (χ0n) is 13.0. The third kappa shape index (κ3) is 15.9. The van der Waals surface area contributed by atoms with Gasteiger partial charge in [0, 0.05) is 25.3 Å². The van der Waals surface area contributed by atoms with Gasteiger partial charge in [-0.15, -0.1) is 0 Å². The highest BCUT2D eigenvalue weighted by atomic mass is 16.5. The highest BCUT2D eigenvalue weighted by Crippen LogP contribution is 2.00. The average molecular weight is 287 g/mol. The van der Waals surface area contributed by atoms with E-state index in [0.717, 1.165) is 7.11 Å². The van der Waals surface area contributed by atoms with Crippen LogP contribution in [0.15, 0.2) is 50.7 Å². The van der Waals surface area contributed by atoms with Crippen molar-refractivity contribution in [3.8, 4) is 5.88 Å². The number of aromatic nitrogens is 1. The molecule has 0 atom stereocenters. The van der Waals surface area contributed by atoms with E-state index in [4.69, 9.17) is 5.11 Å². The highest BCUT2D eigenvalue weighted by molar-refractivity contribution is 5.00. The molecular weight excluding hydrogens is 262 g/mol. The molecule has 0 aromatic carbocycles. The van der Waals surface area contributed by atoms with E-state index < -0.39 is 0 Å². The zero-order valence-corrected chi connectivity index (χ0v) is 13.0. The van der Waals surface area contributed by atoms with E-state index in [-0.39, 0.29) is 5.43 Å². The Morgan fingerprint density at radius 3 is 1.70 bits per heavy atom. The smallest absolute Gasteiger partial charge is 0.253 e. The molecule has 2 heterocycles. The largest absolute Gasteiger partial charge is 0.479 e. The van der Waals surface area contributed by atoms with E-state index in [0.29, 0.717) is 5.88 Å². The molecule has 0 amide bonds. The number of methoxy groups -OCH3 is 1. The summed E-state index contributed by atoms with van der Waals surface area (Å²) in [5, 5.41) is 10.4. The molecule has 0 aliphatic rings. The van der Waals surface area contributed by atoms with Crippen molar-refractivity contribution in [3.63, 3.8) is 0 Å². The van der Waals surface area contributed by atoms with Gasteiger partial charge in [0.25, 0.3) is 5.88 Å². The van der Waals surface area contributed by atoms with E-state index in [1.165, 1.54) is 38.0 Å². The number of aliphatic hydroxyl groups is 1. The van der Waals surface area contributed by atoms with Gasteiger partial charge in [-0.05, 0) is 5.16 Å². The topological polar surface area (TPSA) is 85.7 Å². The molecule has 0 spiro atoms. The molecule has 0 saturated carbocycles. The molecule has 116 valence electrons.